The summed E-state index contributed by atoms with van der Waals surface area (Å²) in [5, 5.41) is 3.32. The number of benzene rings is 2. The van der Waals surface area contributed by atoms with Gasteiger partial charge in [-0.3, -0.25) is 4.79 Å². The molecule has 2 rings (SSSR count). The van der Waals surface area contributed by atoms with Gasteiger partial charge in [0.1, 0.15) is 12.6 Å². The molecule has 0 heterocycles. The summed E-state index contributed by atoms with van der Waals surface area (Å²) >= 11 is 7.45. The molecule has 0 fully saturated rings. The lowest BCUT2D eigenvalue weighted by molar-refractivity contribution is -0.147. The lowest BCUT2D eigenvalue weighted by Crippen LogP contribution is -2.42. The maximum absolute atomic E-state index is 12.4. The normalized spacial score (nSPS) is 11.7. The van der Waals surface area contributed by atoms with Crippen LogP contribution in [0.25, 0.3) is 0 Å². The van der Waals surface area contributed by atoms with Crippen LogP contribution >= 0.6 is 23.4 Å². The first-order chi connectivity index (χ1) is 12.5. The first-order valence-corrected chi connectivity index (χ1v) is 10.0. The molecule has 2 aromatic rings. The topological polar surface area (TPSA) is 55.4 Å². The highest BCUT2D eigenvalue weighted by Crippen LogP contribution is 2.11. The average Bonchev–Trinajstić information content (AvgIpc) is 2.64. The number of nitrogens with one attached hydrogen (secondary N) is 1. The smallest absolute Gasteiger partial charge is 0.329 e. The van der Waals surface area contributed by atoms with Crippen LogP contribution in [0.3, 0.4) is 0 Å². The monoisotopic (exact) mass is 391 g/mol. The lowest BCUT2D eigenvalue weighted by Gasteiger charge is -2.17. The molecule has 0 radical (unpaired) electrons. The van der Waals surface area contributed by atoms with Crippen molar-refractivity contribution >= 4 is 35.2 Å². The largest absolute Gasteiger partial charge is 0.459 e. The van der Waals surface area contributed by atoms with Gasteiger partial charge in [-0.05, 0) is 55.2 Å². The summed E-state index contributed by atoms with van der Waals surface area (Å²) in [4.78, 5) is 24.8. The van der Waals surface area contributed by atoms with E-state index in [4.69, 9.17) is 16.3 Å². The molecule has 1 amide bonds. The van der Waals surface area contributed by atoms with Gasteiger partial charge in [0, 0.05) is 10.6 Å². The van der Waals surface area contributed by atoms with Crippen molar-refractivity contribution in [1.82, 2.24) is 5.32 Å². The third-order valence-corrected chi connectivity index (χ3v) is 4.70. The van der Waals surface area contributed by atoms with E-state index in [1.165, 1.54) is 0 Å². The first kappa shape index (κ1) is 20.3. The molecule has 1 atom stereocenters. The number of rotatable bonds is 8. The number of hydrogen-bond donors (Lipinski definition) is 1. The standard InChI is InChI=1S/C20H22ClNO3S/c1-14-3-5-15(6-4-14)13-25-20(24)18(11-12-26-2)22-19(23)16-7-9-17(21)10-8-16/h3-10,18H,11-13H2,1-2H3,(H,22,23)/t18-/m1/s1. The van der Waals surface area contributed by atoms with Gasteiger partial charge in [-0.1, -0.05) is 41.4 Å². The second kappa shape index (κ2) is 10.2. The molecule has 0 aliphatic carbocycles. The zero-order chi connectivity index (χ0) is 18.9. The lowest BCUT2D eigenvalue weighted by atomic mass is 10.1. The molecule has 0 spiro atoms. The fourth-order valence-electron chi connectivity index (χ4n) is 2.27. The summed E-state index contributed by atoms with van der Waals surface area (Å²) in [7, 11) is 0. The Balaban J connectivity index is 1.98. The number of esters is 1. The van der Waals surface area contributed by atoms with Crippen LogP contribution in [0.1, 0.15) is 27.9 Å². The van der Waals surface area contributed by atoms with Crippen LogP contribution in [-0.2, 0) is 16.1 Å². The van der Waals surface area contributed by atoms with E-state index in [-0.39, 0.29) is 12.5 Å². The van der Waals surface area contributed by atoms with Crippen molar-refractivity contribution in [3.63, 3.8) is 0 Å². The van der Waals surface area contributed by atoms with Crippen LogP contribution in [0.2, 0.25) is 5.02 Å². The molecule has 4 nitrogen and oxygen atoms in total. The number of aryl methyl sites for hydroxylation is 1. The summed E-state index contributed by atoms with van der Waals surface area (Å²) in [6.07, 6.45) is 2.46. The van der Waals surface area contributed by atoms with Crippen molar-refractivity contribution in [3.05, 3.63) is 70.2 Å². The van der Waals surface area contributed by atoms with Gasteiger partial charge in [0.15, 0.2) is 0 Å². The Bertz CT molecular complexity index is 732. The van der Waals surface area contributed by atoms with Gasteiger partial charge < -0.3 is 10.1 Å². The zero-order valence-corrected chi connectivity index (χ0v) is 16.4. The molecule has 26 heavy (non-hydrogen) atoms. The highest BCUT2D eigenvalue weighted by atomic mass is 35.5. The van der Waals surface area contributed by atoms with Crippen LogP contribution in [0.5, 0.6) is 0 Å². The van der Waals surface area contributed by atoms with Gasteiger partial charge in [0.25, 0.3) is 5.91 Å². The van der Waals surface area contributed by atoms with Crippen LogP contribution in [0, 0.1) is 6.92 Å². The Morgan fingerprint density at radius 1 is 1.12 bits per heavy atom. The highest BCUT2D eigenvalue weighted by Gasteiger charge is 2.22. The Kier molecular flexibility index (Phi) is 8.01. The molecule has 2 aromatic carbocycles. The predicted molar refractivity (Wildman–Crippen MR) is 107 cm³/mol. The summed E-state index contributed by atoms with van der Waals surface area (Å²) in [6.45, 7) is 2.19. The third-order valence-electron chi connectivity index (χ3n) is 3.81. The number of halogens is 1. The number of thioether (sulfide) groups is 1. The second-order valence-corrected chi connectivity index (χ2v) is 7.33. The molecule has 138 valence electrons. The van der Waals surface area contributed by atoms with Crippen LogP contribution in [0.4, 0.5) is 0 Å². The van der Waals surface area contributed by atoms with E-state index in [0.717, 1.165) is 16.9 Å². The SMILES string of the molecule is CSCC[C@@H](NC(=O)c1ccc(Cl)cc1)C(=O)OCc1ccc(C)cc1. The van der Waals surface area contributed by atoms with Gasteiger partial charge in [0.2, 0.25) is 0 Å². The molecular weight excluding hydrogens is 370 g/mol. The van der Waals surface area contributed by atoms with Crippen molar-refractivity contribution in [3.8, 4) is 0 Å². The Morgan fingerprint density at radius 3 is 2.38 bits per heavy atom. The van der Waals surface area contributed by atoms with Gasteiger partial charge in [-0.25, -0.2) is 4.79 Å². The quantitative estimate of drug-likeness (QED) is 0.683. The summed E-state index contributed by atoms with van der Waals surface area (Å²) < 4.78 is 5.40. The van der Waals surface area contributed by atoms with Gasteiger partial charge in [-0.15, -0.1) is 0 Å². The third kappa shape index (κ3) is 6.39. The van der Waals surface area contributed by atoms with Gasteiger partial charge in [-0.2, -0.15) is 11.8 Å². The van der Waals surface area contributed by atoms with E-state index in [2.05, 4.69) is 5.32 Å². The van der Waals surface area contributed by atoms with Crippen LogP contribution in [-0.4, -0.2) is 29.9 Å². The molecule has 0 saturated heterocycles. The fraction of sp³-hybridized carbons (Fsp3) is 0.300. The van der Waals surface area contributed by atoms with Crippen molar-refractivity contribution in [2.75, 3.05) is 12.0 Å². The molecule has 0 saturated carbocycles. The van der Waals surface area contributed by atoms with Crippen LogP contribution < -0.4 is 5.32 Å². The van der Waals surface area contributed by atoms with Crippen molar-refractivity contribution in [2.24, 2.45) is 0 Å². The van der Waals surface area contributed by atoms with E-state index in [1.54, 1.807) is 36.0 Å². The van der Waals surface area contributed by atoms with E-state index >= 15 is 0 Å². The maximum atomic E-state index is 12.4. The molecule has 0 bridgehead atoms. The minimum Gasteiger partial charge on any atom is -0.459 e. The van der Waals surface area contributed by atoms with E-state index in [9.17, 15) is 9.59 Å². The molecule has 0 aliphatic heterocycles. The Morgan fingerprint density at radius 2 is 1.77 bits per heavy atom. The second-order valence-electron chi connectivity index (χ2n) is 5.91. The fourth-order valence-corrected chi connectivity index (χ4v) is 2.86. The van der Waals surface area contributed by atoms with E-state index in [0.29, 0.717) is 17.0 Å². The molecule has 0 aliphatic rings. The maximum Gasteiger partial charge on any atom is 0.329 e. The number of hydrogen-bond acceptors (Lipinski definition) is 4. The van der Waals surface area contributed by atoms with E-state index in [1.807, 2.05) is 37.4 Å². The zero-order valence-electron chi connectivity index (χ0n) is 14.8. The average molecular weight is 392 g/mol. The predicted octanol–water partition coefficient (Wildman–Crippen LogP) is 4.24. The Labute approximate surface area is 163 Å². The van der Waals surface area contributed by atoms with Crippen molar-refractivity contribution in [1.29, 1.82) is 0 Å². The molecule has 0 unspecified atom stereocenters. The molecule has 0 aromatic heterocycles. The Hall–Kier alpha value is -1.98. The number of ether oxygens (including phenoxy) is 1. The van der Waals surface area contributed by atoms with E-state index < -0.39 is 12.0 Å². The van der Waals surface area contributed by atoms with Gasteiger partial charge >= 0.3 is 5.97 Å². The van der Waals surface area contributed by atoms with Crippen molar-refractivity contribution in [2.45, 2.75) is 26.0 Å². The minimum atomic E-state index is -0.684. The number of carbonyl (C=O) groups is 2. The van der Waals surface area contributed by atoms with Crippen molar-refractivity contribution < 1.29 is 14.3 Å². The first-order valence-electron chi connectivity index (χ1n) is 8.27. The minimum absolute atomic E-state index is 0.186. The molecule has 6 heteroatoms. The highest BCUT2D eigenvalue weighted by molar-refractivity contribution is 7.98. The summed E-state index contributed by atoms with van der Waals surface area (Å²) in [5.41, 5.74) is 2.51. The van der Waals surface area contributed by atoms with Gasteiger partial charge in [0.05, 0.1) is 0 Å². The summed E-state index contributed by atoms with van der Waals surface area (Å²) in [5.74, 6) is -0.00689. The van der Waals surface area contributed by atoms with Crippen LogP contribution in [0.15, 0.2) is 48.5 Å². The number of carbonyl (C=O) groups excluding carboxylic acids is 2. The summed E-state index contributed by atoms with van der Waals surface area (Å²) in [6, 6.07) is 13.6. The molecule has 1 N–H and O–H groups in total. The number of amides is 1. The molecular formula is C20H22ClNO3S.